The molecule has 6 nitrogen and oxygen atoms in total. The minimum atomic E-state index is -1.13. The second-order valence-electron chi connectivity index (χ2n) is 5.62. The lowest BCUT2D eigenvalue weighted by molar-refractivity contribution is -0.119. The lowest BCUT2D eigenvalue weighted by Crippen LogP contribution is -2.34. The van der Waals surface area contributed by atoms with Gasteiger partial charge in [-0.1, -0.05) is 19.4 Å². The number of unbranched alkanes of at least 4 members (excludes halogenated alkanes) is 1. The fourth-order valence-corrected chi connectivity index (χ4v) is 2.48. The summed E-state index contributed by atoms with van der Waals surface area (Å²) in [5, 5.41) is 14.8. The molecule has 0 radical (unpaired) electrons. The molecule has 1 amide bonds. The first-order chi connectivity index (χ1) is 11.9. The van der Waals surface area contributed by atoms with Gasteiger partial charge in [0.2, 0.25) is 11.7 Å². The van der Waals surface area contributed by atoms with Crippen LogP contribution in [0.2, 0.25) is 0 Å². The second-order valence-corrected chi connectivity index (χ2v) is 6.03. The minimum Gasteiger partial charge on any atom is -0.475 e. The van der Waals surface area contributed by atoms with E-state index in [0.717, 1.165) is 18.4 Å². The van der Waals surface area contributed by atoms with Crippen molar-refractivity contribution in [1.29, 1.82) is 0 Å². The molecule has 1 heterocycles. The SMILES string of the molecule is CCCCC(=O)NC(=S)Nc1cc(C)ccc1-c1ccc(C(=O)O)o1. The number of carboxylic acids is 1. The number of hydrogen-bond acceptors (Lipinski definition) is 4. The summed E-state index contributed by atoms with van der Waals surface area (Å²) in [5.41, 5.74) is 2.27. The van der Waals surface area contributed by atoms with Crippen LogP contribution >= 0.6 is 12.2 Å². The maximum atomic E-state index is 11.8. The number of carbonyl (C=O) groups excluding carboxylic acids is 1. The van der Waals surface area contributed by atoms with Gasteiger partial charge in [-0.2, -0.15) is 0 Å². The molecule has 0 spiro atoms. The van der Waals surface area contributed by atoms with E-state index in [1.165, 1.54) is 6.07 Å². The molecule has 25 heavy (non-hydrogen) atoms. The van der Waals surface area contributed by atoms with Gasteiger partial charge in [-0.05, 0) is 55.4 Å². The molecule has 132 valence electrons. The molecule has 7 heteroatoms. The second kappa shape index (κ2) is 8.43. The predicted octanol–water partition coefficient (Wildman–Crippen LogP) is 3.96. The third-order valence-electron chi connectivity index (χ3n) is 3.52. The van der Waals surface area contributed by atoms with Crippen molar-refractivity contribution < 1.29 is 19.1 Å². The zero-order chi connectivity index (χ0) is 18.4. The maximum Gasteiger partial charge on any atom is 0.371 e. The summed E-state index contributed by atoms with van der Waals surface area (Å²) in [6.07, 6.45) is 2.15. The number of thiocarbonyl (C=S) groups is 1. The van der Waals surface area contributed by atoms with Crippen LogP contribution in [0.1, 0.15) is 42.3 Å². The number of aromatic carboxylic acids is 1. The van der Waals surface area contributed by atoms with E-state index in [0.29, 0.717) is 23.4 Å². The minimum absolute atomic E-state index is 0.139. The molecule has 0 saturated carbocycles. The van der Waals surface area contributed by atoms with Crippen LogP contribution in [0.25, 0.3) is 11.3 Å². The Bertz CT molecular complexity index is 798. The highest BCUT2D eigenvalue weighted by Gasteiger charge is 2.14. The van der Waals surface area contributed by atoms with Crippen LogP contribution in [0.4, 0.5) is 5.69 Å². The van der Waals surface area contributed by atoms with Gasteiger partial charge in [-0.25, -0.2) is 4.79 Å². The molecule has 0 bridgehead atoms. The number of amides is 1. The highest BCUT2D eigenvalue weighted by Crippen LogP contribution is 2.30. The molecule has 0 saturated heterocycles. The first-order valence-electron chi connectivity index (χ1n) is 7.95. The van der Waals surface area contributed by atoms with Gasteiger partial charge >= 0.3 is 5.97 Å². The van der Waals surface area contributed by atoms with Crippen LogP contribution < -0.4 is 10.6 Å². The van der Waals surface area contributed by atoms with Gasteiger partial charge in [0.25, 0.3) is 0 Å². The predicted molar refractivity (Wildman–Crippen MR) is 99.7 cm³/mol. The van der Waals surface area contributed by atoms with Gasteiger partial charge < -0.3 is 20.2 Å². The van der Waals surface area contributed by atoms with Gasteiger partial charge in [-0.15, -0.1) is 0 Å². The van der Waals surface area contributed by atoms with E-state index in [1.807, 2.05) is 32.0 Å². The highest BCUT2D eigenvalue weighted by molar-refractivity contribution is 7.80. The van der Waals surface area contributed by atoms with Crippen molar-refractivity contribution in [3.05, 3.63) is 41.7 Å². The molecular formula is C18H20N2O4S. The van der Waals surface area contributed by atoms with Gasteiger partial charge in [0.1, 0.15) is 5.76 Å². The van der Waals surface area contributed by atoms with E-state index < -0.39 is 5.97 Å². The number of furan rings is 1. The van der Waals surface area contributed by atoms with Crippen molar-refractivity contribution >= 4 is 34.9 Å². The molecule has 2 rings (SSSR count). The Labute approximate surface area is 151 Å². The lowest BCUT2D eigenvalue weighted by Gasteiger charge is -2.13. The molecule has 2 aromatic rings. The number of anilines is 1. The van der Waals surface area contributed by atoms with Crippen LogP contribution in [0.5, 0.6) is 0 Å². The van der Waals surface area contributed by atoms with E-state index in [4.69, 9.17) is 21.7 Å². The molecule has 0 unspecified atom stereocenters. The Balaban J connectivity index is 2.19. The average molecular weight is 360 g/mol. The quantitative estimate of drug-likeness (QED) is 0.676. The molecular weight excluding hydrogens is 340 g/mol. The van der Waals surface area contributed by atoms with Crippen molar-refractivity contribution in [1.82, 2.24) is 5.32 Å². The number of rotatable bonds is 6. The monoisotopic (exact) mass is 360 g/mol. The van der Waals surface area contributed by atoms with Crippen molar-refractivity contribution in [2.75, 3.05) is 5.32 Å². The van der Waals surface area contributed by atoms with E-state index in [9.17, 15) is 9.59 Å². The molecule has 1 aromatic carbocycles. The smallest absolute Gasteiger partial charge is 0.371 e. The first kappa shape index (κ1) is 18.7. The summed E-state index contributed by atoms with van der Waals surface area (Å²) < 4.78 is 5.36. The zero-order valence-electron chi connectivity index (χ0n) is 14.1. The number of carboxylic acid groups (broad SMARTS) is 1. The molecule has 0 aliphatic rings. The fourth-order valence-electron chi connectivity index (χ4n) is 2.25. The van der Waals surface area contributed by atoms with Crippen LogP contribution in [0.15, 0.2) is 34.7 Å². The lowest BCUT2D eigenvalue weighted by atomic mass is 10.1. The van der Waals surface area contributed by atoms with Crippen molar-refractivity contribution in [2.45, 2.75) is 33.1 Å². The summed E-state index contributed by atoms with van der Waals surface area (Å²) in [4.78, 5) is 22.8. The van der Waals surface area contributed by atoms with Crippen molar-refractivity contribution in [3.63, 3.8) is 0 Å². The normalized spacial score (nSPS) is 10.3. The van der Waals surface area contributed by atoms with E-state index in [1.54, 1.807) is 6.07 Å². The number of carbonyl (C=O) groups is 2. The van der Waals surface area contributed by atoms with Crippen LogP contribution in [-0.2, 0) is 4.79 Å². The summed E-state index contributed by atoms with van der Waals surface area (Å²) in [7, 11) is 0. The van der Waals surface area contributed by atoms with Gasteiger partial charge in [-0.3, -0.25) is 4.79 Å². The third kappa shape index (κ3) is 5.15. The Morgan fingerprint density at radius 3 is 2.64 bits per heavy atom. The van der Waals surface area contributed by atoms with Gasteiger partial charge in [0, 0.05) is 12.0 Å². The van der Waals surface area contributed by atoms with E-state index in [2.05, 4.69) is 10.6 Å². The van der Waals surface area contributed by atoms with E-state index in [-0.39, 0.29) is 16.8 Å². The van der Waals surface area contributed by atoms with Crippen LogP contribution in [0, 0.1) is 6.92 Å². The molecule has 0 atom stereocenters. The highest BCUT2D eigenvalue weighted by atomic mass is 32.1. The summed E-state index contributed by atoms with van der Waals surface area (Å²) >= 11 is 5.19. The van der Waals surface area contributed by atoms with Crippen molar-refractivity contribution in [3.8, 4) is 11.3 Å². The van der Waals surface area contributed by atoms with E-state index >= 15 is 0 Å². The molecule has 0 aliphatic carbocycles. The standard InChI is InChI=1S/C18H20N2O4S/c1-3-4-5-16(21)20-18(25)19-13-10-11(2)6-7-12(13)14-8-9-15(24-14)17(22)23/h6-10H,3-5H2,1-2H3,(H,22,23)(H2,19,20,21,25). The van der Waals surface area contributed by atoms with Crippen molar-refractivity contribution in [2.24, 2.45) is 0 Å². The molecule has 0 aliphatic heterocycles. The number of aryl methyl sites for hydroxylation is 1. The number of nitrogens with one attached hydrogen (secondary N) is 2. The van der Waals surface area contributed by atoms with Gasteiger partial charge in [0.05, 0.1) is 5.69 Å². The summed E-state index contributed by atoms with van der Waals surface area (Å²) in [6.45, 7) is 3.93. The average Bonchev–Trinajstić information content (AvgIpc) is 3.03. The molecule has 3 N–H and O–H groups in total. The fraction of sp³-hybridized carbons (Fsp3) is 0.278. The van der Waals surface area contributed by atoms with Crippen LogP contribution in [-0.4, -0.2) is 22.1 Å². The molecule has 1 aromatic heterocycles. The zero-order valence-corrected chi connectivity index (χ0v) is 14.9. The largest absolute Gasteiger partial charge is 0.475 e. The van der Waals surface area contributed by atoms with Crippen LogP contribution in [0.3, 0.4) is 0 Å². The third-order valence-corrected chi connectivity index (χ3v) is 3.72. The summed E-state index contributed by atoms with van der Waals surface area (Å²) in [6, 6.07) is 8.52. The number of hydrogen-bond donors (Lipinski definition) is 3. The summed E-state index contributed by atoms with van der Waals surface area (Å²) in [5.74, 6) is -1.01. The Morgan fingerprint density at radius 1 is 1.24 bits per heavy atom. The Hall–Kier alpha value is -2.67. The number of benzene rings is 1. The Kier molecular flexibility index (Phi) is 6.30. The Morgan fingerprint density at radius 2 is 2.00 bits per heavy atom. The molecule has 0 fully saturated rings. The van der Waals surface area contributed by atoms with Gasteiger partial charge in [0.15, 0.2) is 5.11 Å². The first-order valence-corrected chi connectivity index (χ1v) is 8.36. The maximum absolute atomic E-state index is 11.8. The topological polar surface area (TPSA) is 91.6 Å².